The van der Waals surface area contributed by atoms with Gasteiger partial charge in [-0.25, -0.2) is 0 Å². The summed E-state index contributed by atoms with van der Waals surface area (Å²) in [5, 5.41) is 0. The van der Waals surface area contributed by atoms with Crippen LogP contribution in [0.5, 0.6) is 34.5 Å². The first kappa shape index (κ1) is 41.3. The number of benzene rings is 6. The van der Waals surface area contributed by atoms with Crippen LogP contribution in [-0.2, 0) is 0 Å². The van der Waals surface area contributed by atoms with Gasteiger partial charge in [0.2, 0.25) is 12.1 Å². The molecule has 1 atom stereocenters. The Hall–Kier alpha value is -7.86. The molecule has 9 heterocycles. The Morgan fingerprint density at radius 1 is 0.319 bits per heavy atom. The minimum absolute atomic E-state index is 0.105. The first-order valence-corrected chi connectivity index (χ1v) is 23.9. The maximum Gasteiger partial charge on any atom is 0.704 e. The molecule has 3 saturated heterocycles. The Balaban J connectivity index is 0.000000102. The third-order valence-electron chi connectivity index (χ3n) is 14.0. The van der Waals surface area contributed by atoms with E-state index in [1.54, 1.807) is 0 Å². The lowest BCUT2D eigenvalue weighted by atomic mass is 9.90. The monoisotopic (exact) mass is 918 g/mol. The van der Waals surface area contributed by atoms with Crippen LogP contribution in [0, 0.1) is 5.41 Å². The van der Waals surface area contributed by atoms with Gasteiger partial charge in [-0.2, -0.15) is 0 Å². The molecule has 9 aliphatic rings. The molecule has 0 amide bonds. The number of hydrogen-bond acceptors (Lipinski definition) is 6. The van der Waals surface area contributed by atoms with Crippen molar-refractivity contribution < 1.29 is 55.9 Å². The van der Waals surface area contributed by atoms with Crippen LogP contribution in [0.3, 0.4) is 0 Å². The zero-order valence-corrected chi connectivity index (χ0v) is 39.2. The van der Waals surface area contributed by atoms with Gasteiger partial charge in [-0.05, 0) is 86.6 Å². The van der Waals surface area contributed by atoms with Crippen molar-refractivity contribution in [3.05, 3.63) is 179 Å². The van der Waals surface area contributed by atoms with Gasteiger partial charge in [0.15, 0.2) is 98.0 Å². The van der Waals surface area contributed by atoms with Gasteiger partial charge in [-0.15, -0.1) is 0 Å². The van der Waals surface area contributed by atoms with Gasteiger partial charge in [0.05, 0.1) is 45.2 Å². The van der Waals surface area contributed by atoms with Gasteiger partial charge in [-0.3, -0.25) is 0 Å². The minimum Gasteiger partial charge on any atom is -0.341 e. The first-order valence-electron chi connectivity index (χ1n) is 23.9. The molecule has 6 aromatic carbocycles. The van der Waals surface area contributed by atoms with Crippen LogP contribution in [0.2, 0.25) is 0 Å². The molecule has 69 heavy (non-hydrogen) atoms. The van der Waals surface area contributed by atoms with Crippen LogP contribution in [0.25, 0.3) is 0 Å². The van der Waals surface area contributed by atoms with Crippen LogP contribution in [0.15, 0.2) is 146 Å². The van der Waals surface area contributed by atoms with E-state index in [0.717, 1.165) is 107 Å². The second-order valence-corrected chi connectivity index (χ2v) is 20.2. The average molecular weight is 919 g/mol. The minimum atomic E-state index is -0.938. The predicted octanol–water partition coefficient (Wildman–Crippen LogP) is 7.17. The molecule has 0 radical (unpaired) electrons. The van der Waals surface area contributed by atoms with Crippen molar-refractivity contribution in [2.45, 2.75) is 57.8 Å². The van der Waals surface area contributed by atoms with E-state index in [4.69, 9.17) is 28.4 Å². The number of rotatable bonds is 0. The van der Waals surface area contributed by atoms with Gasteiger partial charge in [0.25, 0.3) is 0 Å². The van der Waals surface area contributed by atoms with Crippen molar-refractivity contribution in [3.8, 4) is 34.5 Å². The van der Waals surface area contributed by atoms with E-state index in [1.807, 2.05) is 109 Å². The van der Waals surface area contributed by atoms with E-state index in [1.165, 1.54) is 0 Å². The highest BCUT2D eigenvalue weighted by Crippen LogP contribution is 2.43. The molecular weight excluding hydrogens is 865 g/mol. The fourth-order valence-electron chi connectivity index (χ4n) is 10.9. The predicted molar refractivity (Wildman–Crippen MR) is 260 cm³/mol. The van der Waals surface area contributed by atoms with Crippen molar-refractivity contribution >= 4 is 37.3 Å². The standard InChI is InChI=1S/C20H20N2O2.C19H18N2O2.C18H16N2O2/c1-19(2)13-21-11-15-7-3-5-9-17(15)23-20(21)22(14-19)12-16-8-4-6-10-18(16)24-20;1-18(2)13-20-11-14-7-3-5-9-16(14)22-19(20)21(18)12-15-8-4-6-10-17(15)23-19;1-3-8-16-14(6-1)12-19-10-5-11-20-13-15-7-2-4-9-17(15)22-18(19,20)21-16/h3-12H,13-14H2,1-2H3;3-12H,13H2,1-2H3;1-4,6-9,12-13H,5,10-11H2/q3*+2. The Labute approximate surface area is 401 Å². The number of fused-ring (bicyclic) bond motifs is 6. The first-order chi connectivity index (χ1) is 33.5. The van der Waals surface area contributed by atoms with Crippen molar-refractivity contribution in [1.82, 2.24) is 0 Å². The molecule has 9 aliphatic heterocycles. The van der Waals surface area contributed by atoms with Crippen LogP contribution in [0.1, 0.15) is 67.5 Å². The van der Waals surface area contributed by atoms with Crippen LogP contribution < -0.4 is 28.4 Å². The van der Waals surface area contributed by atoms with Crippen molar-refractivity contribution in [3.63, 3.8) is 0 Å². The van der Waals surface area contributed by atoms with E-state index in [-0.39, 0.29) is 11.0 Å². The SMILES string of the molecule is C1=[N+]2CCC[N+]3=Cc4ccccc4OC23Oc2ccccc21.CC1(C)C[N+]2=Cc3ccccc3OC23Oc2ccccc2C=[N+]13.CC1(C)C[N+]2=Cc3ccccc3OC23Oc2ccccc2C=[N+]3C1. The van der Waals surface area contributed by atoms with E-state index in [2.05, 4.69) is 129 Å². The highest BCUT2D eigenvalue weighted by atomic mass is 16.8. The fraction of sp³-hybridized carbons (Fsp3) is 0.263. The summed E-state index contributed by atoms with van der Waals surface area (Å²) < 4.78 is 51.4. The summed E-state index contributed by atoms with van der Waals surface area (Å²) in [6.07, 6.45) is 14.0. The van der Waals surface area contributed by atoms with E-state index in [9.17, 15) is 0 Å². The Bertz CT molecular complexity index is 3200. The number of ether oxygens (including phenoxy) is 6. The number of hydrogen-bond donors (Lipinski definition) is 0. The molecule has 0 aliphatic carbocycles. The van der Waals surface area contributed by atoms with Gasteiger partial charge in [-0.1, -0.05) is 100 Å². The molecule has 0 aromatic heterocycles. The topological polar surface area (TPSA) is 73.4 Å². The molecule has 0 N–H and O–H groups in total. The van der Waals surface area contributed by atoms with E-state index in [0.29, 0.717) is 0 Å². The number of para-hydroxylation sites is 6. The Morgan fingerprint density at radius 3 is 0.957 bits per heavy atom. The van der Waals surface area contributed by atoms with Crippen LogP contribution in [-0.4, -0.2) is 121 Å². The molecule has 12 heteroatoms. The lowest BCUT2D eigenvalue weighted by Gasteiger charge is -2.38. The smallest absolute Gasteiger partial charge is 0.341 e. The number of nitrogens with zero attached hydrogens (tertiary/aromatic N) is 6. The Morgan fingerprint density at radius 2 is 0.594 bits per heavy atom. The van der Waals surface area contributed by atoms with Gasteiger partial charge >= 0.3 is 18.1 Å². The third-order valence-corrected chi connectivity index (χ3v) is 14.0. The summed E-state index contributed by atoms with van der Waals surface area (Å²) in [5.74, 6) is 5.12. The summed E-state index contributed by atoms with van der Waals surface area (Å²) in [5.41, 5.74) is 6.54. The van der Waals surface area contributed by atoms with Crippen molar-refractivity contribution in [2.75, 3.05) is 32.7 Å². The normalized spacial score (nSPS) is 22.4. The lowest BCUT2D eigenvalue weighted by molar-refractivity contribution is -0.933. The molecule has 3 spiro atoms. The van der Waals surface area contributed by atoms with Crippen molar-refractivity contribution in [1.29, 1.82) is 0 Å². The van der Waals surface area contributed by atoms with E-state index < -0.39 is 18.1 Å². The third kappa shape index (κ3) is 6.63. The molecule has 0 saturated carbocycles. The average Bonchev–Trinajstić information content (AvgIpc) is 3.57. The van der Waals surface area contributed by atoms with Crippen LogP contribution in [0.4, 0.5) is 0 Å². The summed E-state index contributed by atoms with van der Waals surface area (Å²) in [6, 6.07) is 45.8. The molecule has 15 rings (SSSR count). The zero-order valence-electron chi connectivity index (χ0n) is 39.2. The largest absolute Gasteiger partial charge is 0.704 e. The summed E-state index contributed by atoms with van der Waals surface area (Å²) in [4.78, 5) is 0. The Kier molecular flexibility index (Phi) is 9.03. The summed E-state index contributed by atoms with van der Waals surface area (Å²) in [6.45, 7) is 13.4. The maximum absolute atomic E-state index is 6.44. The molecule has 12 nitrogen and oxygen atoms in total. The zero-order chi connectivity index (χ0) is 46.6. The highest BCUT2D eigenvalue weighted by molar-refractivity contribution is 5.85. The van der Waals surface area contributed by atoms with E-state index >= 15 is 0 Å². The maximum atomic E-state index is 6.44. The second-order valence-electron chi connectivity index (χ2n) is 20.2. The van der Waals surface area contributed by atoms with Crippen LogP contribution >= 0.6 is 0 Å². The van der Waals surface area contributed by atoms with Gasteiger partial charge < -0.3 is 28.4 Å². The summed E-state index contributed by atoms with van der Waals surface area (Å²) in [7, 11) is 0. The summed E-state index contributed by atoms with van der Waals surface area (Å²) >= 11 is 0. The highest BCUT2D eigenvalue weighted by Gasteiger charge is 2.75. The van der Waals surface area contributed by atoms with Crippen molar-refractivity contribution in [2.24, 2.45) is 5.41 Å². The molecule has 1 unspecified atom stereocenters. The molecule has 0 bridgehead atoms. The van der Waals surface area contributed by atoms with Gasteiger partial charge in [0, 0.05) is 13.8 Å². The quantitative estimate of drug-likeness (QED) is 0.151. The molecular formula is C57H54N6O6+6. The fourth-order valence-corrected chi connectivity index (χ4v) is 10.9. The lowest BCUT2D eigenvalue weighted by Crippen LogP contribution is -2.70. The second kappa shape index (κ2) is 15.1. The molecule has 6 aromatic rings. The molecule has 3 fully saturated rings. The molecule has 342 valence electrons. The van der Waals surface area contributed by atoms with Gasteiger partial charge in [0.1, 0.15) is 0 Å².